The van der Waals surface area contributed by atoms with Gasteiger partial charge >= 0.3 is 0 Å². The van der Waals surface area contributed by atoms with E-state index in [9.17, 15) is 13.2 Å². The Kier molecular flexibility index (Phi) is 6.69. The highest BCUT2D eigenvalue weighted by molar-refractivity contribution is 7.88. The number of rotatable bonds is 7. The van der Waals surface area contributed by atoms with Gasteiger partial charge in [-0.2, -0.15) is 4.31 Å². The largest absolute Gasteiger partial charge is 0.379 e. The van der Waals surface area contributed by atoms with Crippen LogP contribution in [0.5, 0.6) is 0 Å². The number of sulfonamides is 1. The minimum Gasteiger partial charge on any atom is -0.379 e. The lowest BCUT2D eigenvalue weighted by Gasteiger charge is -2.26. The van der Waals surface area contributed by atoms with Gasteiger partial charge in [-0.05, 0) is 36.2 Å². The Morgan fingerprint density at radius 1 is 1.09 bits per heavy atom. The minimum absolute atomic E-state index is 0.0907. The highest BCUT2D eigenvalue weighted by atomic mass is 32.2. The van der Waals surface area contributed by atoms with Gasteiger partial charge in [0, 0.05) is 37.6 Å². The zero-order chi connectivity index (χ0) is 22.6. The summed E-state index contributed by atoms with van der Waals surface area (Å²) in [7, 11) is -3.40. The molecular formula is C23H26N4O4S. The summed E-state index contributed by atoms with van der Waals surface area (Å²) in [6.07, 6.45) is 3.63. The highest BCUT2D eigenvalue weighted by Gasteiger charge is 2.24. The molecule has 0 bridgehead atoms. The molecule has 0 radical (unpaired) electrons. The molecule has 4 rings (SSSR count). The molecule has 1 aliphatic rings. The van der Waals surface area contributed by atoms with Crippen molar-refractivity contribution in [1.29, 1.82) is 0 Å². The molecule has 1 aromatic heterocycles. The average molecular weight is 455 g/mol. The van der Waals surface area contributed by atoms with Gasteiger partial charge in [-0.3, -0.25) is 4.79 Å². The number of imidazole rings is 1. The fourth-order valence-corrected chi connectivity index (χ4v) is 5.19. The van der Waals surface area contributed by atoms with Gasteiger partial charge in [-0.15, -0.1) is 0 Å². The second-order valence-electron chi connectivity index (χ2n) is 7.62. The van der Waals surface area contributed by atoms with Crippen molar-refractivity contribution in [2.45, 2.75) is 19.2 Å². The Hall–Kier alpha value is -3.01. The maximum absolute atomic E-state index is 12.7. The number of para-hydroxylation sites is 1. The molecule has 8 nitrogen and oxygen atoms in total. The number of carbonyl (C=O) groups excluding carboxylic acids is 1. The van der Waals surface area contributed by atoms with Gasteiger partial charge in [0.25, 0.3) is 5.91 Å². The number of morpholine rings is 1. The van der Waals surface area contributed by atoms with Crippen LogP contribution in [-0.4, -0.2) is 54.5 Å². The molecule has 3 aromatic rings. The molecule has 0 saturated carbocycles. The maximum Gasteiger partial charge on any atom is 0.251 e. The third-order valence-corrected chi connectivity index (χ3v) is 7.29. The molecule has 9 heteroatoms. The molecule has 2 heterocycles. The predicted octanol–water partition coefficient (Wildman–Crippen LogP) is 2.27. The van der Waals surface area contributed by atoms with E-state index in [0.29, 0.717) is 44.0 Å². The van der Waals surface area contributed by atoms with Crippen LogP contribution < -0.4 is 5.32 Å². The third kappa shape index (κ3) is 5.07. The standard InChI is InChI=1S/C23H26N4O4S/c1-18-24-10-11-27(18)22-5-3-2-4-21(22)16-25-23(28)20-8-6-19(7-9-20)17-32(29,30)26-12-14-31-15-13-26/h2-11H,12-17H2,1H3,(H,25,28). The van der Waals surface area contributed by atoms with E-state index in [2.05, 4.69) is 10.3 Å². The van der Waals surface area contributed by atoms with Crippen molar-refractivity contribution >= 4 is 15.9 Å². The molecule has 0 spiro atoms. The number of hydrogen-bond donors (Lipinski definition) is 1. The van der Waals surface area contributed by atoms with Crippen LogP contribution in [0, 0.1) is 6.92 Å². The first-order valence-corrected chi connectivity index (χ1v) is 12.1. The molecule has 0 atom stereocenters. The van der Waals surface area contributed by atoms with Crippen LogP contribution in [-0.2, 0) is 27.1 Å². The van der Waals surface area contributed by atoms with Crippen molar-refractivity contribution in [2.24, 2.45) is 0 Å². The number of hydrogen-bond acceptors (Lipinski definition) is 5. The number of aromatic nitrogens is 2. The summed E-state index contributed by atoms with van der Waals surface area (Å²) in [5.41, 5.74) is 3.06. The van der Waals surface area contributed by atoms with Crippen LogP contribution in [0.2, 0.25) is 0 Å². The van der Waals surface area contributed by atoms with E-state index in [1.807, 2.05) is 42.0 Å². The molecule has 32 heavy (non-hydrogen) atoms. The third-order valence-electron chi connectivity index (χ3n) is 5.44. The summed E-state index contributed by atoms with van der Waals surface area (Å²) in [5, 5.41) is 2.94. The van der Waals surface area contributed by atoms with Gasteiger partial charge in [-0.25, -0.2) is 13.4 Å². The summed E-state index contributed by atoms with van der Waals surface area (Å²) >= 11 is 0. The Bertz CT molecular complexity index is 1180. The van der Waals surface area contributed by atoms with Gasteiger partial charge in [0.15, 0.2) is 0 Å². The van der Waals surface area contributed by atoms with E-state index in [1.54, 1.807) is 30.5 Å². The highest BCUT2D eigenvalue weighted by Crippen LogP contribution is 2.17. The molecule has 1 fully saturated rings. The lowest BCUT2D eigenvalue weighted by molar-refractivity contribution is 0.0729. The SMILES string of the molecule is Cc1nccn1-c1ccccc1CNC(=O)c1ccc(CS(=O)(=O)N2CCOCC2)cc1. The van der Waals surface area contributed by atoms with Crippen LogP contribution in [0.4, 0.5) is 0 Å². The van der Waals surface area contributed by atoms with Gasteiger partial charge in [-0.1, -0.05) is 30.3 Å². The molecule has 0 unspecified atom stereocenters. The summed E-state index contributed by atoms with van der Waals surface area (Å²) in [5.74, 6) is 0.558. The molecule has 168 valence electrons. The minimum atomic E-state index is -3.40. The molecule has 1 saturated heterocycles. The van der Waals surface area contributed by atoms with E-state index in [4.69, 9.17) is 4.74 Å². The van der Waals surface area contributed by atoms with Crippen molar-refractivity contribution in [2.75, 3.05) is 26.3 Å². The van der Waals surface area contributed by atoms with E-state index in [0.717, 1.165) is 17.1 Å². The fourth-order valence-electron chi connectivity index (χ4n) is 3.68. The van der Waals surface area contributed by atoms with Gasteiger partial charge in [0.1, 0.15) is 5.82 Å². The smallest absolute Gasteiger partial charge is 0.251 e. The summed E-state index contributed by atoms with van der Waals surface area (Å²) in [6, 6.07) is 14.5. The van der Waals surface area contributed by atoms with E-state index < -0.39 is 10.0 Å². The Morgan fingerprint density at radius 3 is 2.50 bits per heavy atom. The van der Waals surface area contributed by atoms with Crippen molar-refractivity contribution in [3.05, 3.63) is 83.4 Å². The summed E-state index contributed by atoms with van der Waals surface area (Å²) < 4.78 is 33.8. The predicted molar refractivity (Wildman–Crippen MR) is 121 cm³/mol. The number of aryl methyl sites for hydroxylation is 1. The molecule has 0 aliphatic carbocycles. The first-order valence-electron chi connectivity index (χ1n) is 10.4. The summed E-state index contributed by atoms with van der Waals surface area (Å²) in [4.78, 5) is 16.9. The van der Waals surface area contributed by atoms with Crippen LogP contribution in [0.25, 0.3) is 5.69 Å². The van der Waals surface area contributed by atoms with Crippen molar-refractivity contribution in [1.82, 2.24) is 19.2 Å². The Labute approximate surface area is 187 Å². The lowest BCUT2D eigenvalue weighted by atomic mass is 10.1. The number of carbonyl (C=O) groups is 1. The molecule has 1 amide bonds. The van der Waals surface area contributed by atoms with Crippen LogP contribution in [0.3, 0.4) is 0 Å². The summed E-state index contributed by atoms with van der Waals surface area (Å²) in [6.45, 7) is 3.88. The second-order valence-corrected chi connectivity index (χ2v) is 9.59. The number of benzene rings is 2. The van der Waals surface area contributed by atoms with Crippen LogP contribution in [0.1, 0.15) is 27.3 Å². The van der Waals surface area contributed by atoms with E-state index >= 15 is 0 Å². The second kappa shape index (κ2) is 9.64. The monoisotopic (exact) mass is 454 g/mol. The molecule has 2 aromatic carbocycles. The van der Waals surface area contributed by atoms with Crippen molar-refractivity contribution < 1.29 is 17.9 Å². The molecule has 1 N–H and O–H groups in total. The quantitative estimate of drug-likeness (QED) is 0.591. The normalized spacial score (nSPS) is 14.9. The fraction of sp³-hybridized carbons (Fsp3) is 0.304. The van der Waals surface area contributed by atoms with Crippen molar-refractivity contribution in [3.8, 4) is 5.69 Å². The zero-order valence-corrected chi connectivity index (χ0v) is 18.7. The Morgan fingerprint density at radius 2 is 1.81 bits per heavy atom. The van der Waals surface area contributed by atoms with Gasteiger partial charge in [0.2, 0.25) is 10.0 Å². The Balaban J connectivity index is 1.39. The number of ether oxygens (including phenoxy) is 1. The van der Waals surface area contributed by atoms with Crippen molar-refractivity contribution in [3.63, 3.8) is 0 Å². The maximum atomic E-state index is 12.7. The van der Waals surface area contributed by atoms with E-state index in [-0.39, 0.29) is 11.7 Å². The zero-order valence-electron chi connectivity index (χ0n) is 17.9. The van der Waals surface area contributed by atoms with E-state index in [1.165, 1.54) is 4.31 Å². The first-order chi connectivity index (χ1) is 15.4. The van der Waals surface area contributed by atoms with Crippen LogP contribution >= 0.6 is 0 Å². The lowest BCUT2D eigenvalue weighted by Crippen LogP contribution is -2.41. The van der Waals surface area contributed by atoms with Crippen LogP contribution in [0.15, 0.2) is 60.9 Å². The molecule has 1 aliphatic heterocycles. The topological polar surface area (TPSA) is 93.5 Å². The number of nitrogens with one attached hydrogen (secondary N) is 1. The number of amides is 1. The van der Waals surface area contributed by atoms with Gasteiger partial charge < -0.3 is 14.6 Å². The molecular weight excluding hydrogens is 428 g/mol. The van der Waals surface area contributed by atoms with Gasteiger partial charge in [0.05, 0.1) is 24.7 Å². The number of nitrogens with zero attached hydrogens (tertiary/aromatic N) is 3. The average Bonchev–Trinajstić information content (AvgIpc) is 3.24. The first kappa shape index (κ1) is 22.2.